The Morgan fingerprint density at radius 3 is 2.40 bits per heavy atom. The Morgan fingerprint density at radius 1 is 1.04 bits per heavy atom. The number of nitrogens with zero attached hydrogens (tertiary/aromatic N) is 4. The van der Waals surface area contributed by atoms with E-state index in [-0.39, 0.29) is 0 Å². The third-order valence-electron chi connectivity index (χ3n) is 3.74. The molecule has 0 saturated carbocycles. The van der Waals surface area contributed by atoms with Gasteiger partial charge in [0.1, 0.15) is 0 Å². The first-order chi connectivity index (χ1) is 12.2. The van der Waals surface area contributed by atoms with Crippen LogP contribution in [0.5, 0.6) is 11.5 Å². The van der Waals surface area contributed by atoms with Crippen LogP contribution in [0.2, 0.25) is 0 Å². The van der Waals surface area contributed by atoms with Crippen LogP contribution in [0.25, 0.3) is 0 Å². The number of nitrogens with one attached hydrogen (secondary N) is 1. The first-order valence-electron chi connectivity index (χ1n) is 8.61. The lowest BCUT2D eigenvalue weighted by atomic mass is 10.2. The van der Waals surface area contributed by atoms with Crippen LogP contribution in [-0.4, -0.2) is 42.5 Å². The van der Waals surface area contributed by atoms with Crippen molar-refractivity contribution >= 4 is 11.8 Å². The molecule has 25 heavy (non-hydrogen) atoms. The molecule has 0 saturated heterocycles. The van der Waals surface area contributed by atoms with Crippen LogP contribution in [0.15, 0.2) is 24.4 Å². The molecular weight excluding hydrogens is 318 g/mol. The average molecular weight is 345 g/mol. The zero-order chi connectivity index (χ0) is 18.1. The highest BCUT2D eigenvalue weighted by molar-refractivity contribution is 5.45. The molecule has 7 heteroatoms. The topological polar surface area (TPSA) is 72.4 Å². The van der Waals surface area contributed by atoms with E-state index in [0.29, 0.717) is 29.8 Å². The van der Waals surface area contributed by atoms with Crippen LogP contribution in [0.4, 0.5) is 11.8 Å². The van der Waals surface area contributed by atoms with Crippen molar-refractivity contribution in [1.29, 1.82) is 0 Å². The lowest BCUT2D eigenvalue weighted by Crippen LogP contribution is -2.27. The van der Waals surface area contributed by atoms with Gasteiger partial charge in [-0.25, -0.2) is 0 Å². The van der Waals surface area contributed by atoms with E-state index in [9.17, 15) is 0 Å². The van der Waals surface area contributed by atoms with Gasteiger partial charge in [-0.1, -0.05) is 19.9 Å². The highest BCUT2D eigenvalue weighted by atomic mass is 16.5. The van der Waals surface area contributed by atoms with Gasteiger partial charge in [0.15, 0.2) is 17.3 Å². The van der Waals surface area contributed by atoms with Crippen LogP contribution in [-0.2, 0) is 6.54 Å². The number of hydrogen-bond acceptors (Lipinski definition) is 7. The van der Waals surface area contributed by atoms with Gasteiger partial charge in [-0.3, -0.25) is 0 Å². The van der Waals surface area contributed by atoms with E-state index in [1.807, 2.05) is 18.2 Å². The number of benzene rings is 1. The molecule has 2 aromatic rings. The van der Waals surface area contributed by atoms with Crippen LogP contribution < -0.4 is 19.7 Å². The molecule has 0 aliphatic carbocycles. The maximum atomic E-state index is 5.34. The number of hydrogen-bond donors (Lipinski definition) is 1. The summed E-state index contributed by atoms with van der Waals surface area (Å²) in [5, 5.41) is 11.5. The van der Waals surface area contributed by atoms with Crippen LogP contribution >= 0.6 is 0 Å². The summed E-state index contributed by atoms with van der Waals surface area (Å²) in [6, 6.07) is 5.83. The van der Waals surface area contributed by atoms with Gasteiger partial charge in [0, 0.05) is 19.6 Å². The zero-order valence-electron chi connectivity index (χ0n) is 15.5. The molecular formula is C18H27N5O2. The lowest BCUT2D eigenvalue weighted by Gasteiger charge is -2.21. The third kappa shape index (κ3) is 5.20. The van der Waals surface area contributed by atoms with Crippen molar-refractivity contribution in [3.8, 4) is 11.5 Å². The van der Waals surface area contributed by atoms with Gasteiger partial charge < -0.3 is 19.7 Å². The first-order valence-corrected chi connectivity index (χ1v) is 8.61. The predicted molar refractivity (Wildman–Crippen MR) is 99.5 cm³/mol. The summed E-state index contributed by atoms with van der Waals surface area (Å²) in [6.07, 6.45) is 3.74. The maximum absolute atomic E-state index is 5.34. The largest absolute Gasteiger partial charge is 0.493 e. The molecule has 136 valence electrons. The van der Waals surface area contributed by atoms with Crippen molar-refractivity contribution in [2.75, 3.05) is 37.5 Å². The van der Waals surface area contributed by atoms with Gasteiger partial charge in [0.25, 0.3) is 0 Å². The Hall–Kier alpha value is -2.57. The van der Waals surface area contributed by atoms with Crippen LogP contribution in [0.3, 0.4) is 0 Å². The molecule has 0 aliphatic heterocycles. The van der Waals surface area contributed by atoms with Crippen molar-refractivity contribution in [2.45, 2.75) is 33.2 Å². The van der Waals surface area contributed by atoms with Gasteiger partial charge in [-0.2, -0.15) is 10.1 Å². The van der Waals surface area contributed by atoms with Gasteiger partial charge in [-0.15, -0.1) is 5.10 Å². The molecule has 7 nitrogen and oxygen atoms in total. The molecule has 0 atom stereocenters. The summed E-state index contributed by atoms with van der Waals surface area (Å²) < 4.78 is 10.6. The molecule has 1 aromatic heterocycles. The monoisotopic (exact) mass is 345 g/mol. The summed E-state index contributed by atoms with van der Waals surface area (Å²) in [5.74, 6) is 2.80. The Morgan fingerprint density at radius 2 is 1.76 bits per heavy atom. The molecule has 1 heterocycles. The van der Waals surface area contributed by atoms with Crippen molar-refractivity contribution in [3.05, 3.63) is 30.0 Å². The summed E-state index contributed by atoms with van der Waals surface area (Å²) >= 11 is 0. The molecule has 0 fully saturated rings. The number of aromatic nitrogens is 3. The third-order valence-corrected chi connectivity index (χ3v) is 3.74. The first kappa shape index (κ1) is 18.8. The fraction of sp³-hybridized carbons (Fsp3) is 0.500. The molecule has 0 radical (unpaired) electrons. The molecule has 0 bridgehead atoms. The highest BCUT2D eigenvalue weighted by Crippen LogP contribution is 2.27. The molecule has 0 spiro atoms. The van der Waals surface area contributed by atoms with Gasteiger partial charge in [0.05, 0.1) is 20.4 Å². The molecule has 0 aliphatic rings. The Kier molecular flexibility index (Phi) is 7.25. The SMILES string of the molecule is CCCN(CCC)c1nncc(NCc2ccc(OC)c(OC)c2)n1. The van der Waals surface area contributed by atoms with E-state index in [2.05, 4.69) is 39.2 Å². The van der Waals surface area contributed by atoms with Crippen LogP contribution in [0.1, 0.15) is 32.3 Å². The fourth-order valence-electron chi connectivity index (χ4n) is 2.55. The van der Waals surface area contributed by atoms with Crippen molar-refractivity contribution in [3.63, 3.8) is 0 Å². The minimum atomic E-state index is 0.611. The van der Waals surface area contributed by atoms with E-state index in [4.69, 9.17) is 9.47 Å². The molecule has 2 rings (SSSR count). The fourth-order valence-corrected chi connectivity index (χ4v) is 2.55. The molecule has 1 aromatic carbocycles. The minimum Gasteiger partial charge on any atom is -0.493 e. The second kappa shape index (κ2) is 9.66. The van der Waals surface area contributed by atoms with E-state index in [1.54, 1.807) is 20.4 Å². The minimum absolute atomic E-state index is 0.611. The lowest BCUT2D eigenvalue weighted by molar-refractivity contribution is 0.354. The second-order valence-electron chi connectivity index (χ2n) is 5.67. The van der Waals surface area contributed by atoms with E-state index in [0.717, 1.165) is 31.5 Å². The van der Waals surface area contributed by atoms with Gasteiger partial charge in [-0.05, 0) is 30.5 Å². The zero-order valence-corrected chi connectivity index (χ0v) is 15.5. The van der Waals surface area contributed by atoms with Crippen LogP contribution in [0, 0.1) is 0 Å². The molecule has 0 unspecified atom stereocenters. The number of ether oxygens (including phenoxy) is 2. The van der Waals surface area contributed by atoms with Gasteiger partial charge in [0.2, 0.25) is 5.95 Å². The Balaban J connectivity index is 2.07. The smallest absolute Gasteiger partial charge is 0.247 e. The van der Waals surface area contributed by atoms with E-state index >= 15 is 0 Å². The number of methoxy groups -OCH3 is 2. The highest BCUT2D eigenvalue weighted by Gasteiger charge is 2.10. The molecule has 1 N–H and O–H groups in total. The Bertz CT molecular complexity index is 660. The van der Waals surface area contributed by atoms with E-state index in [1.165, 1.54) is 0 Å². The van der Waals surface area contributed by atoms with Crippen molar-refractivity contribution in [2.24, 2.45) is 0 Å². The standard InChI is InChI=1S/C18H27N5O2/c1-5-9-23(10-6-2)18-21-17(13-20-22-18)19-12-14-7-8-15(24-3)16(11-14)25-4/h7-8,11,13H,5-6,9-10,12H2,1-4H3,(H,19,21,22). The van der Waals surface area contributed by atoms with Crippen molar-refractivity contribution in [1.82, 2.24) is 15.2 Å². The Labute approximate surface area is 149 Å². The summed E-state index contributed by atoms with van der Waals surface area (Å²) in [7, 11) is 3.26. The second-order valence-corrected chi connectivity index (χ2v) is 5.67. The maximum Gasteiger partial charge on any atom is 0.247 e. The average Bonchev–Trinajstić information content (AvgIpc) is 2.66. The number of rotatable bonds is 10. The molecule has 0 amide bonds. The normalized spacial score (nSPS) is 10.4. The number of anilines is 2. The van der Waals surface area contributed by atoms with E-state index < -0.39 is 0 Å². The quantitative estimate of drug-likeness (QED) is 0.709. The predicted octanol–water partition coefficient (Wildman–Crippen LogP) is 3.13. The summed E-state index contributed by atoms with van der Waals surface area (Å²) in [6.45, 7) is 6.76. The summed E-state index contributed by atoms with van der Waals surface area (Å²) in [4.78, 5) is 6.75. The van der Waals surface area contributed by atoms with Gasteiger partial charge >= 0.3 is 0 Å². The summed E-state index contributed by atoms with van der Waals surface area (Å²) in [5.41, 5.74) is 1.07. The van der Waals surface area contributed by atoms with Crippen molar-refractivity contribution < 1.29 is 9.47 Å².